The van der Waals surface area contributed by atoms with E-state index < -0.39 is 11.9 Å². The van der Waals surface area contributed by atoms with E-state index in [0.717, 1.165) is 5.56 Å². The molecule has 1 saturated carbocycles. The molecule has 0 unspecified atom stereocenters. The predicted molar refractivity (Wildman–Crippen MR) is 63.5 cm³/mol. The van der Waals surface area contributed by atoms with Gasteiger partial charge in [0.15, 0.2) is 0 Å². The fourth-order valence-electron chi connectivity index (χ4n) is 2.39. The number of aliphatic hydroxyl groups excluding tert-OH is 1. The number of alkyl halides is 3. The first-order valence-electron chi connectivity index (χ1n) is 6.12. The molecule has 2 rings (SSSR count). The van der Waals surface area contributed by atoms with Gasteiger partial charge in [-0.2, -0.15) is 0 Å². The Labute approximate surface area is 109 Å². The van der Waals surface area contributed by atoms with Crippen molar-refractivity contribution in [1.82, 2.24) is 0 Å². The first kappa shape index (κ1) is 14.1. The number of benzene rings is 1. The number of hydrogen-bond donors (Lipinski definition) is 2. The highest BCUT2D eigenvalue weighted by atomic mass is 19.4. The minimum Gasteiger partial charge on any atom is -0.406 e. The van der Waals surface area contributed by atoms with Crippen LogP contribution in [0, 0.1) is 0 Å². The molecule has 3 nitrogen and oxygen atoms in total. The summed E-state index contributed by atoms with van der Waals surface area (Å²) in [6, 6.07) is 5.64. The van der Waals surface area contributed by atoms with Crippen LogP contribution in [0.25, 0.3) is 0 Å². The molecular weight excluding hydrogens is 259 g/mol. The van der Waals surface area contributed by atoms with Crippen LogP contribution >= 0.6 is 0 Å². The number of nitrogens with two attached hydrogens (primary N) is 1. The number of rotatable bonds is 2. The Morgan fingerprint density at radius 3 is 2.16 bits per heavy atom. The first-order chi connectivity index (χ1) is 8.78. The molecule has 0 saturated heterocycles. The van der Waals surface area contributed by atoms with Crippen molar-refractivity contribution in [2.45, 2.75) is 43.7 Å². The normalized spacial score (nSPS) is 28.2. The summed E-state index contributed by atoms with van der Waals surface area (Å²) in [6.07, 6.45) is -2.56. The van der Waals surface area contributed by atoms with E-state index in [-0.39, 0.29) is 11.9 Å². The molecule has 6 heteroatoms. The van der Waals surface area contributed by atoms with Crippen molar-refractivity contribution >= 4 is 0 Å². The number of aliphatic hydroxyl groups is 1. The van der Waals surface area contributed by atoms with E-state index in [1.165, 1.54) is 12.1 Å². The first-order valence-corrected chi connectivity index (χ1v) is 6.12. The third-order valence-electron chi connectivity index (χ3n) is 3.51. The van der Waals surface area contributed by atoms with Crippen LogP contribution in [0.2, 0.25) is 0 Å². The molecule has 3 N–H and O–H groups in total. The van der Waals surface area contributed by atoms with Gasteiger partial charge in [-0.3, -0.25) is 0 Å². The molecular formula is C13H16F3NO2. The molecule has 0 heterocycles. The lowest BCUT2D eigenvalue weighted by atomic mass is 9.76. The summed E-state index contributed by atoms with van der Waals surface area (Å²) in [5.41, 5.74) is 6.44. The molecule has 0 amide bonds. The molecule has 0 spiro atoms. The third-order valence-corrected chi connectivity index (χ3v) is 3.51. The second kappa shape index (κ2) is 5.02. The molecule has 1 aliphatic carbocycles. The van der Waals surface area contributed by atoms with Crippen LogP contribution < -0.4 is 10.5 Å². The van der Waals surface area contributed by atoms with Gasteiger partial charge >= 0.3 is 6.36 Å². The van der Waals surface area contributed by atoms with E-state index >= 15 is 0 Å². The largest absolute Gasteiger partial charge is 0.573 e. The zero-order valence-corrected chi connectivity index (χ0v) is 10.3. The van der Waals surface area contributed by atoms with Crippen molar-refractivity contribution in [1.29, 1.82) is 0 Å². The van der Waals surface area contributed by atoms with Crippen LogP contribution in [0.5, 0.6) is 5.75 Å². The third kappa shape index (κ3) is 3.61. The molecule has 106 valence electrons. The molecule has 0 aliphatic heterocycles. The monoisotopic (exact) mass is 275 g/mol. The van der Waals surface area contributed by atoms with Gasteiger partial charge in [0.1, 0.15) is 5.75 Å². The molecule has 0 atom stereocenters. The molecule has 0 bridgehead atoms. The number of ether oxygens (including phenoxy) is 1. The van der Waals surface area contributed by atoms with Gasteiger partial charge in [-0.15, -0.1) is 13.2 Å². The smallest absolute Gasteiger partial charge is 0.406 e. The van der Waals surface area contributed by atoms with E-state index in [9.17, 15) is 18.3 Å². The van der Waals surface area contributed by atoms with Crippen LogP contribution in [0.4, 0.5) is 13.2 Å². The standard InChI is InChI=1S/C13H16F3NO2/c14-13(15,16)19-11-3-1-9(2-4-11)12(17)7-5-10(18)6-8-12/h1-4,10,18H,5-8,17H2. The maximum absolute atomic E-state index is 12.0. The lowest BCUT2D eigenvalue weighted by Gasteiger charge is -2.36. The summed E-state index contributed by atoms with van der Waals surface area (Å²) < 4.78 is 39.9. The van der Waals surface area contributed by atoms with Crippen molar-refractivity contribution in [2.24, 2.45) is 5.73 Å². The van der Waals surface area contributed by atoms with Gasteiger partial charge in [0.05, 0.1) is 6.10 Å². The molecule has 1 fully saturated rings. The summed E-state index contributed by atoms with van der Waals surface area (Å²) in [5, 5.41) is 9.46. The summed E-state index contributed by atoms with van der Waals surface area (Å²) in [7, 11) is 0. The summed E-state index contributed by atoms with van der Waals surface area (Å²) in [5.74, 6) is -0.254. The van der Waals surface area contributed by atoms with Crippen LogP contribution in [0.3, 0.4) is 0 Å². The second-order valence-electron chi connectivity index (χ2n) is 4.96. The van der Waals surface area contributed by atoms with Crippen molar-refractivity contribution in [3.8, 4) is 5.75 Å². The highest BCUT2D eigenvalue weighted by Gasteiger charge is 2.34. The van der Waals surface area contributed by atoms with Crippen LogP contribution in [0.1, 0.15) is 31.2 Å². The lowest BCUT2D eigenvalue weighted by Crippen LogP contribution is -2.41. The predicted octanol–water partition coefficient (Wildman–Crippen LogP) is 2.67. The van der Waals surface area contributed by atoms with Crippen molar-refractivity contribution < 1.29 is 23.0 Å². The van der Waals surface area contributed by atoms with Gasteiger partial charge in [-0.05, 0) is 43.4 Å². The summed E-state index contributed by atoms with van der Waals surface area (Å²) >= 11 is 0. The topological polar surface area (TPSA) is 55.5 Å². The van der Waals surface area contributed by atoms with E-state index in [4.69, 9.17) is 5.73 Å². The van der Waals surface area contributed by atoms with Crippen LogP contribution in [-0.2, 0) is 5.54 Å². The number of halogens is 3. The Morgan fingerprint density at radius 1 is 1.16 bits per heavy atom. The Balaban J connectivity index is 2.10. The summed E-state index contributed by atoms with van der Waals surface area (Å²) in [6.45, 7) is 0. The lowest BCUT2D eigenvalue weighted by molar-refractivity contribution is -0.274. The Morgan fingerprint density at radius 2 is 1.68 bits per heavy atom. The minimum atomic E-state index is -4.68. The average Bonchev–Trinajstić information content (AvgIpc) is 2.32. The highest BCUT2D eigenvalue weighted by Crippen LogP contribution is 2.35. The molecule has 1 aliphatic rings. The second-order valence-corrected chi connectivity index (χ2v) is 4.96. The van der Waals surface area contributed by atoms with Gasteiger partial charge in [-0.25, -0.2) is 0 Å². The molecule has 1 aromatic rings. The molecule has 19 heavy (non-hydrogen) atoms. The Bertz CT molecular complexity index is 423. The Hall–Kier alpha value is -1.27. The van der Waals surface area contributed by atoms with Crippen molar-refractivity contribution in [3.63, 3.8) is 0 Å². The SMILES string of the molecule is NC1(c2ccc(OC(F)(F)F)cc2)CCC(O)CC1. The highest BCUT2D eigenvalue weighted by molar-refractivity contribution is 5.32. The zero-order chi connectivity index (χ0) is 14.1. The quantitative estimate of drug-likeness (QED) is 0.872. The van der Waals surface area contributed by atoms with E-state index in [1.54, 1.807) is 12.1 Å². The van der Waals surface area contributed by atoms with Gasteiger partial charge < -0.3 is 15.6 Å². The van der Waals surface area contributed by atoms with Crippen LogP contribution in [0.15, 0.2) is 24.3 Å². The van der Waals surface area contributed by atoms with E-state index in [1.807, 2.05) is 0 Å². The molecule has 0 aromatic heterocycles. The fourth-order valence-corrected chi connectivity index (χ4v) is 2.39. The van der Waals surface area contributed by atoms with Crippen molar-refractivity contribution in [3.05, 3.63) is 29.8 Å². The van der Waals surface area contributed by atoms with Gasteiger partial charge in [0.2, 0.25) is 0 Å². The average molecular weight is 275 g/mol. The summed E-state index contributed by atoms with van der Waals surface area (Å²) in [4.78, 5) is 0. The van der Waals surface area contributed by atoms with E-state index in [0.29, 0.717) is 25.7 Å². The van der Waals surface area contributed by atoms with Gasteiger partial charge in [0.25, 0.3) is 0 Å². The van der Waals surface area contributed by atoms with E-state index in [2.05, 4.69) is 4.74 Å². The fraction of sp³-hybridized carbons (Fsp3) is 0.538. The molecule has 0 radical (unpaired) electrons. The zero-order valence-electron chi connectivity index (χ0n) is 10.3. The maximum atomic E-state index is 12.0. The molecule has 1 aromatic carbocycles. The Kier molecular flexibility index (Phi) is 3.73. The minimum absolute atomic E-state index is 0.254. The van der Waals surface area contributed by atoms with Crippen LogP contribution in [-0.4, -0.2) is 17.6 Å². The van der Waals surface area contributed by atoms with Gasteiger partial charge in [0, 0.05) is 5.54 Å². The number of hydrogen-bond acceptors (Lipinski definition) is 3. The maximum Gasteiger partial charge on any atom is 0.573 e. The van der Waals surface area contributed by atoms with Gasteiger partial charge in [-0.1, -0.05) is 12.1 Å². The van der Waals surface area contributed by atoms with Crippen molar-refractivity contribution in [2.75, 3.05) is 0 Å².